The number of carbonyl (C=O) groups excluding carboxylic acids is 1. The number of carboxylic acids is 1. The van der Waals surface area contributed by atoms with Crippen LogP contribution in [-0.4, -0.2) is 29.2 Å². The van der Waals surface area contributed by atoms with Crippen molar-refractivity contribution in [1.29, 1.82) is 0 Å². The van der Waals surface area contributed by atoms with E-state index < -0.39 is 17.5 Å². The Morgan fingerprint density at radius 3 is 2.35 bits per heavy atom. The van der Waals surface area contributed by atoms with Gasteiger partial charge in [-0.2, -0.15) is 0 Å². The molecule has 5 nitrogen and oxygen atoms in total. The molecule has 0 aromatic carbocycles. The molecule has 0 bridgehead atoms. The van der Waals surface area contributed by atoms with Gasteiger partial charge in [-0.05, 0) is 37.2 Å². The van der Waals surface area contributed by atoms with Crippen LogP contribution in [0.4, 0.5) is 4.79 Å². The van der Waals surface area contributed by atoms with Gasteiger partial charge in [0.05, 0.1) is 0 Å². The molecular formula is C14H23ClN2O3. The molecule has 0 aromatic rings. The molecule has 2 atom stereocenters. The number of hydrogen-bond acceptors (Lipinski definition) is 2. The lowest BCUT2D eigenvalue weighted by atomic mass is 9.67. The van der Waals surface area contributed by atoms with Crippen molar-refractivity contribution >= 4 is 23.6 Å². The Hall–Kier alpha value is -1.23. The van der Waals surface area contributed by atoms with Gasteiger partial charge in [0.1, 0.15) is 5.54 Å². The van der Waals surface area contributed by atoms with Crippen LogP contribution < -0.4 is 10.6 Å². The van der Waals surface area contributed by atoms with Crippen molar-refractivity contribution in [3.63, 3.8) is 0 Å². The summed E-state index contributed by atoms with van der Waals surface area (Å²) >= 11 is 5.52. The van der Waals surface area contributed by atoms with E-state index in [9.17, 15) is 14.7 Å². The van der Waals surface area contributed by atoms with Crippen molar-refractivity contribution in [2.75, 3.05) is 6.54 Å². The molecule has 1 aliphatic carbocycles. The van der Waals surface area contributed by atoms with Crippen molar-refractivity contribution < 1.29 is 14.7 Å². The molecule has 2 unspecified atom stereocenters. The van der Waals surface area contributed by atoms with E-state index in [1.54, 1.807) is 6.92 Å². The fourth-order valence-electron chi connectivity index (χ4n) is 2.88. The Labute approximate surface area is 124 Å². The van der Waals surface area contributed by atoms with Gasteiger partial charge in [0.2, 0.25) is 0 Å². The first-order valence-electron chi connectivity index (χ1n) is 6.89. The van der Waals surface area contributed by atoms with E-state index in [0.29, 0.717) is 6.54 Å². The van der Waals surface area contributed by atoms with Crippen molar-refractivity contribution in [2.24, 2.45) is 11.8 Å². The average Bonchev–Trinajstić information content (AvgIpc) is 2.40. The third-order valence-corrected chi connectivity index (χ3v) is 4.59. The Bertz CT molecular complexity index is 399. The molecule has 0 heterocycles. The number of carboxylic acid groups (broad SMARTS) is 1. The number of hydrogen-bond donors (Lipinski definition) is 3. The van der Waals surface area contributed by atoms with Gasteiger partial charge < -0.3 is 15.7 Å². The smallest absolute Gasteiger partial charge is 0.330 e. The molecule has 20 heavy (non-hydrogen) atoms. The van der Waals surface area contributed by atoms with Crippen LogP contribution in [0.5, 0.6) is 0 Å². The summed E-state index contributed by atoms with van der Waals surface area (Å²) in [5, 5.41) is 15.0. The number of nitrogens with one attached hydrogen (secondary N) is 2. The minimum atomic E-state index is -1.19. The standard InChI is InChI=1S/C14H23ClN2O3/c1-9(7-15)8-16-13(20)17-14(12(18)19)10(2)5-4-6-11(14)3/h7,10-11H,4-6,8H2,1-3H3,(H,18,19)(H2,16,17,20). The van der Waals surface area contributed by atoms with E-state index in [4.69, 9.17) is 11.6 Å². The quantitative estimate of drug-likeness (QED) is 0.747. The normalized spacial score (nSPS) is 30.7. The van der Waals surface area contributed by atoms with Crippen molar-refractivity contribution in [1.82, 2.24) is 10.6 Å². The van der Waals surface area contributed by atoms with Crippen molar-refractivity contribution in [3.05, 3.63) is 11.1 Å². The largest absolute Gasteiger partial charge is 0.479 e. The molecule has 0 radical (unpaired) electrons. The monoisotopic (exact) mass is 302 g/mol. The lowest BCUT2D eigenvalue weighted by Crippen LogP contribution is -2.65. The number of urea groups is 1. The number of halogens is 1. The molecular weight excluding hydrogens is 280 g/mol. The van der Waals surface area contributed by atoms with E-state index in [1.165, 1.54) is 5.54 Å². The molecule has 0 saturated heterocycles. The summed E-state index contributed by atoms with van der Waals surface area (Å²) < 4.78 is 0. The summed E-state index contributed by atoms with van der Waals surface area (Å²) in [6.45, 7) is 5.85. The topological polar surface area (TPSA) is 78.4 Å². The first-order valence-corrected chi connectivity index (χ1v) is 7.33. The fraction of sp³-hybridized carbons (Fsp3) is 0.714. The molecule has 3 N–H and O–H groups in total. The second-order valence-corrected chi connectivity index (χ2v) is 5.89. The first-order chi connectivity index (χ1) is 9.34. The number of carbonyl (C=O) groups is 2. The van der Waals surface area contributed by atoms with Gasteiger partial charge in [-0.25, -0.2) is 9.59 Å². The molecule has 0 spiro atoms. The lowest BCUT2D eigenvalue weighted by molar-refractivity contribution is -0.151. The van der Waals surface area contributed by atoms with Gasteiger partial charge in [0.25, 0.3) is 0 Å². The van der Waals surface area contributed by atoms with Crippen LogP contribution in [0.2, 0.25) is 0 Å². The highest BCUT2D eigenvalue weighted by Gasteiger charge is 2.51. The Kier molecular flexibility index (Phi) is 5.87. The van der Waals surface area contributed by atoms with Crippen LogP contribution in [0.25, 0.3) is 0 Å². The summed E-state index contributed by atoms with van der Waals surface area (Å²) in [6.07, 6.45) is 2.60. The molecule has 1 fully saturated rings. The number of rotatable bonds is 4. The van der Waals surface area contributed by atoms with Gasteiger partial charge in [0.15, 0.2) is 0 Å². The third kappa shape index (κ3) is 3.45. The molecule has 2 amide bonds. The molecule has 1 aliphatic rings. The predicted octanol–water partition coefficient (Wildman–Crippen LogP) is 2.71. The first kappa shape index (κ1) is 16.8. The highest BCUT2D eigenvalue weighted by molar-refractivity contribution is 6.25. The van der Waals surface area contributed by atoms with Gasteiger partial charge in [0, 0.05) is 12.1 Å². The minimum Gasteiger partial charge on any atom is -0.479 e. The predicted molar refractivity (Wildman–Crippen MR) is 78.7 cm³/mol. The van der Waals surface area contributed by atoms with Gasteiger partial charge >= 0.3 is 12.0 Å². The summed E-state index contributed by atoms with van der Waals surface area (Å²) in [7, 11) is 0. The summed E-state index contributed by atoms with van der Waals surface area (Å²) in [4.78, 5) is 23.7. The summed E-state index contributed by atoms with van der Waals surface area (Å²) in [6, 6.07) is -0.467. The van der Waals surface area contributed by atoms with Gasteiger partial charge in [-0.15, -0.1) is 0 Å². The zero-order valence-corrected chi connectivity index (χ0v) is 13.0. The van der Waals surface area contributed by atoms with Crippen LogP contribution in [0, 0.1) is 11.8 Å². The highest BCUT2D eigenvalue weighted by Crippen LogP contribution is 2.38. The van der Waals surface area contributed by atoms with E-state index in [2.05, 4.69) is 10.6 Å². The Morgan fingerprint density at radius 1 is 1.35 bits per heavy atom. The fourth-order valence-corrected chi connectivity index (χ4v) is 2.96. The Morgan fingerprint density at radius 2 is 1.90 bits per heavy atom. The Balaban J connectivity index is 2.81. The third-order valence-electron chi connectivity index (χ3n) is 4.22. The SMILES string of the molecule is CC(=CCl)CNC(=O)NC1(C(=O)O)C(C)CCCC1C. The molecule has 0 aromatic heterocycles. The van der Waals surface area contributed by atoms with E-state index >= 15 is 0 Å². The van der Waals surface area contributed by atoms with Crippen LogP contribution in [0.1, 0.15) is 40.0 Å². The number of aliphatic carboxylic acids is 1. The van der Waals surface area contributed by atoms with Crippen LogP contribution in [-0.2, 0) is 4.79 Å². The maximum Gasteiger partial charge on any atom is 0.330 e. The van der Waals surface area contributed by atoms with Gasteiger partial charge in [-0.3, -0.25) is 0 Å². The minimum absolute atomic E-state index is 0.0980. The van der Waals surface area contributed by atoms with E-state index in [1.807, 2.05) is 13.8 Å². The molecule has 0 aliphatic heterocycles. The van der Waals surface area contributed by atoms with E-state index in [0.717, 1.165) is 24.8 Å². The highest BCUT2D eigenvalue weighted by atomic mass is 35.5. The van der Waals surface area contributed by atoms with Crippen LogP contribution in [0.3, 0.4) is 0 Å². The second kappa shape index (κ2) is 6.97. The maximum absolute atomic E-state index is 12.0. The lowest BCUT2D eigenvalue weighted by Gasteiger charge is -2.44. The van der Waals surface area contributed by atoms with E-state index in [-0.39, 0.29) is 11.8 Å². The van der Waals surface area contributed by atoms with Crippen LogP contribution >= 0.6 is 11.6 Å². The van der Waals surface area contributed by atoms with Crippen LogP contribution in [0.15, 0.2) is 11.1 Å². The molecule has 114 valence electrons. The molecule has 1 saturated carbocycles. The zero-order chi connectivity index (χ0) is 15.3. The van der Waals surface area contributed by atoms with Crippen molar-refractivity contribution in [2.45, 2.75) is 45.6 Å². The number of amides is 2. The zero-order valence-electron chi connectivity index (χ0n) is 12.2. The maximum atomic E-state index is 12.0. The molecule has 1 rings (SSSR count). The van der Waals surface area contributed by atoms with Crippen molar-refractivity contribution in [3.8, 4) is 0 Å². The summed E-state index contributed by atoms with van der Waals surface area (Å²) in [5.41, 5.74) is 0.996. The van der Waals surface area contributed by atoms with Gasteiger partial charge in [-0.1, -0.05) is 31.9 Å². The summed E-state index contributed by atoms with van der Waals surface area (Å²) in [5.74, 6) is -1.16. The second-order valence-electron chi connectivity index (χ2n) is 5.67. The average molecular weight is 303 g/mol. The molecule has 6 heteroatoms.